The van der Waals surface area contributed by atoms with E-state index in [9.17, 15) is 0 Å². The Labute approximate surface area is 106 Å². The molecule has 0 spiro atoms. The molecule has 94 valence electrons. The summed E-state index contributed by atoms with van der Waals surface area (Å²) in [4.78, 5) is 6.76. The Morgan fingerprint density at radius 3 is 2.78 bits per heavy atom. The molecule has 0 amide bonds. The first-order chi connectivity index (χ1) is 8.81. The molecule has 0 saturated carbocycles. The number of aromatic nitrogens is 3. The first-order valence-electron chi connectivity index (χ1n) is 6.57. The van der Waals surface area contributed by atoms with Crippen LogP contribution in [0.2, 0.25) is 0 Å². The van der Waals surface area contributed by atoms with Gasteiger partial charge in [0.05, 0.1) is 0 Å². The van der Waals surface area contributed by atoms with Crippen LogP contribution in [0.5, 0.6) is 0 Å². The van der Waals surface area contributed by atoms with Crippen LogP contribution in [0.25, 0.3) is 5.65 Å². The van der Waals surface area contributed by atoms with Gasteiger partial charge in [-0.1, -0.05) is 0 Å². The van der Waals surface area contributed by atoms with Gasteiger partial charge in [-0.15, -0.1) is 0 Å². The lowest BCUT2D eigenvalue weighted by Crippen LogP contribution is -2.27. The Balaban J connectivity index is 1.76. The molecule has 0 bridgehead atoms. The van der Waals surface area contributed by atoms with E-state index in [0.717, 1.165) is 43.7 Å². The zero-order valence-electron chi connectivity index (χ0n) is 10.5. The molecule has 2 aliphatic rings. The maximum absolute atomic E-state index is 4.35. The zero-order valence-corrected chi connectivity index (χ0v) is 10.5. The van der Waals surface area contributed by atoms with Crippen LogP contribution in [-0.2, 0) is 0 Å². The molecule has 0 aromatic carbocycles. The highest BCUT2D eigenvalue weighted by atomic mass is 15.4. The highest BCUT2D eigenvalue weighted by Gasteiger charge is 2.36. The molecule has 2 atom stereocenters. The second kappa shape index (κ2) is 3.68. The number of hydrogen-bond acceptors (Lipinski definition) is 4. The Kier molecular flexibility index (Phi) is 2.11. The summed E-state index contributed by atoms with van der Waals surface area (Å²) < 4.78 is 1.96. The van der Waals surface area contributed by atoms with Crippen molar-refractivity contribution in [3.63, 3.8) is 0 Å². The van der Waals surface area contributed by atoms with Crippen LogP contribution in [-0.4, -0.2) is 40.8 Å². The van der Waals surface area contributed by atoms with E-state index >= 15 is 0 Å². The van der Waals surface area contributed by atoms with Crippen molar-refractivity contribution in [2.45, 2.75) is 6.92 Å². The van der Waals surface area contributed by atoms with E-state index in [0.29, 0.717) is 0 Å². The Hall–Kier alpha value is -1.62. The summed E-state index contributed by atoms with van der Waals surface area (Å²) in [6.45, 7) is 6.71. The summed E-state index contributed by atoms with van der Waals surface area (Å²) in [6.07, 6.45) is 1.64. The van der Waals surface area contributed by atoms with E-state index in [-0.39, 0.29) is 0 Å². The highest BCUT2D eigenvalue weighted by Crippen LogP contribution is 2.30. The van der Waals surface area contributed by atoms with Gasteiger partial charge >= 0.3 is 0 Å². The summed E-state index contributed by atoms with van der Waals surface area (Å²) >= 11 is 0. The Morgan fingerprint density at radius 1 is 1.22 bits per heavy atom. The molecule has 2 saturated heterocycles. The Bertz CT molecular complexity index is 578. The maximum atomic E-state index is 4.35. The molecule has 4 rings (SSSR count). The minimum Gasteiger partial charge on any atom is -0.356 e. The molecule has 4 heterocycles. The van der Waals surface area contributed by atoms with Crippen LogP contribution in [0.4, 0.5) is 5.82 Å². The van der Waals surface area contributed by atoms with Crippen molar-refractivity contribution in [3.05, 3.63) is 24.0 Å². The van der Waals surface area contributed by atoms with Gasteiger partial charge in [0.15, 0.2) is 5.65 Å². The molecule has 2 aromatic rings. The second-order valence-electron chi connectivity index (χ2n) is 5.50. The van der Waals surface area contributed by atoms with E-state index in [2.05, 4.69) is 39.4 Å². The van der Waals surface area contributed by atoms with Crippen molar-refractivity contribution in [3.8, 4) is 0 Å². The van der Waals surface area contributed by atoms with Crippen LogP contribution < -0.4 is 10.2 Å². The van der Waals surface area contributed by atoms with Crippen molar-refractivity contribution in [2.75, 3.05) is 31.1 Å². The fourth-order valence-electron chi connectivity index (χ4n) is 3.30. The smallest absolute Gasteiger partial charge is 0.157 e. The molecule has 18 heavy (non-hydrogen) atoms. The number of aryl methyl sites for hydroxylation is 1. The van der Waals surface area contributed by atoms with Crippen molar-refractivity contribution >= 4 is 11.5 Å². The fraction of sp³-hybridized carbons (Fsp3) is 0.538. The molecular weight excluding hydrogens is 226 g/mol. The Morgan fingerprint density at radius 2 is 2.00 bits per heavy atom. The van der Waals surface area contributed by atoms with Crippen LogP contribution in [0, 0.1) is 18.8 Å². The third-order valence-electron chi connectivity index (χ3n) is 4.22. The molecule has 2 unspecified atom stereocenters. The standard InChI is InChI=1S/C13H17N5/c1-9-2-12-15-8-16-18(12)13(3-9)17-6-10-4-14-5-11(10)7-17/h2-3,8,10-11,14H,4-7H2,1H3. The van der Waals surface area contributed by atoms with Crippen LogP contribution in [0.1, 0.15) is 5.56 Å². The lowest BCUT2D eigenvalue weighted by atomic mass is 10.0. The molecule has 1 N–H and O–H groups in total. The SMILES string of the molecule is Cc1cc(N2CC3CNCC3C2)n2ncnc2c1. The van der Waals surface area contributed by atoms with Gasteiger partial charge in [0.1, 0.15) is 12.1 Å². The van der Waals surface area contributed by atoms with E-state index in [4.69, 9.17) is 0 Å². The van der Waals surface area contributed by atoms with E-state index < -0.39 is 0 Å². The highest BCUT2D eigenvalue weighted by molar-refractivity contribution is 5.53. The van der Waals surface area contributed by atoms with Gasteiger partial charge in [-0.2, -0.15) is 9.61 Å². The first-order valence-corrected chi connectivity index (χ1v) is 6.57. The third kappa shape index (κ3) is 1.43. The van der Waals surface area contributed by atoms with Crippen molar-refractivity contribution in [1.82, 2.24) is 19.9 Å². The van der Waals surface area contributed by atoms with Gasteiger partial charge in [0.2, 0.25) is 0 Å². The minimum absolute atomic E-state index is 0.795. The molecule has 5 heteroatoms. The summed E-state index contributed by atoms with van der Waals surface area (Å²) in [5, 5.41) is 7.82. The van der Waals surface area contributed by atoms with Crippen molar-refractivity contribution in [1.29, 1.82) is 0 Å². The predicted octanol–water partition coefficient (Wildman–Crippen LogP) is 0.693. The molecular formula is C13H17N5. The fourth-order valence-corrected chi connectivity index (χ4v) is 3.30. The number of pyridine rings is 1. The number of anilines is 1. The van der Waals surface area contributed by atoms with E-state index in [1.807, 2.05) is 4.52 Å². The topological polar surface area (TPSA) is 45.5 Å². The summed E-state index contributed by atoms with van der Waals surface area (Å²) in [5.74, 6) is 2.78. The molecule has 2 fully saturated rings. The number of rotatable bonds is 1. The largest absolute Gasteiger partial charge is 0.356 e. The van der Waals surface area contributed by atoms with E-state index in [1.165, 1.54) is 11.4 Å². The number of hydrogen-bond donors (Lipinski definition) is 1. The molecule has 2 aliphatic heterocycles. The normalized spacial score (nSPS) is 27.1. The summed E-state index contributed by atoms with van der Waals surface area (Å²) in [6, 6.07) is 4.30. The van der Waals surface area contributed by atoms with Gasteiger partial charge in [-0.05, 0) is 36.5 Å². The quantitative estimate of drug-likeness (QED) is 0.800. The summed E-state index contributed by atoms with van der Waals surface area (Å²) in [7, 11) is 0. The lowest BCUT2D eigenvalue weighted by Gasteiger charge is -2.20. The monoisotopic (exact) mass is 243 g/mol. The van der Waals surface area contributed by atoms with Crippen molar-refractivity contribution in [2.24, 2.45) is 11.8 Å². The number of fused-ring (bicyclic) bond motifs is 2. The van der Waals surface area contributed by atoms with Gasteiger partial charge < -0.3 is 10.2 Å². The number of nitrogens with zero attached hydrogens (tertiary/aromatic N) is 4. The molecule has 5 nitrogen and oxygen atoms in total. The van der Waals surface area contributed by atoms with Gasteiger partial charge in [-0.3, -0.25) is 0 Å². The third-order valence-corrected chi connectivity index (χ3v) is 4.22. The average molecular weight is 243 g/mol. The van der Waals surface area contributed by atoms with Crippen LogP contribution in [0.3, 0.4) is 0 Å². The maximum Gasteiger partial charge on any atom is 0.157 e. The average Bonchev–Trinajstić information content (AvgIpc) is 3.01. The molecule has 0 radical (unpaired) electrons. The number of nitrogens with one attached hydrogen (secondary N) is 1. The molecule has 0 aliphatic carbocycles. The van der Waals surface area contributed by atoms with Gasteiger partial charge in [0.25, 0.3) is 0 Å². The lowest BCUT2D eigenvalue weighted by molar-refractivity contribution is 0.533. The second-order valence-corrected chi connectivity index (χ2v) is 5.50. The summed E-state index contributed by atoms with van der Waals surface area (Å²) in [5.41, 5.74) is 2.20. The van der Waals surface area contributed by atoms with Crippen LogP contribution in [0.15, 0.2) is 18.5 Å². The minimum atomic E-state index is 0.795. The zero-order chi connectivity index (χ0) is 12.1. The first kappa shape index (κ1) is 10.3. The van der Waals surface area contributed by atoms with Crippen LogP contribution >= 0.6 is 0 Å². The van der Waals surface area contributed by atoms with Gasteiger partial charge in [0, 0.05) is 26.2 Å². The molecule has 2 aromatic heterocycles. The van der Waals surface area contributed by atoms with Crippen molar-refractivity contribution < 1.29 is 0 Å². The van der Waals surface area contributed by atoms with E-state index in [1.54, 1.807) is 6.33 Å². The predicted molar refractivity (Wildman–Crippen MR) is 69.8 cm³/mol. The van der Waals surface area contributed by atoms with Gasteiger partial charge in [-0.25, -0.2) is 4.98 Å².